The van der Waals surface area contributed by atoms with Crippen LogP contribution in [-0.2, 0) is 4.74 Å². The van der Waals surface area contributed by atoms with Crippen molar-refractivity contribution in [1.29, 1.82) is 0 Å². The topological polar surface area (TPSA) is 86.8 Å². The van der Waals surface area contributed by atoms with Gasteiger partial charge in [0.1, 0.15) is 10.8 Å². The number of hydrogen-bond donors (Lipinski definition) is 2. The predicted octanol–water partition coefficient (Wildman–Crippen LogP) is 5.87. The molecule has 0 saturated carbocycles. The number of piperazine rings is 1. The third kappa shape index (κ3) is 6.47. The molecule has 0 radical (unpaired) electrons. The molecular weight excluding hydrogens is 529 g/mol. The summed E-state index contributed by atoms with van der Waals surface area (Å²) in [6.07, 6.45) is 0. The number of benzene rings is 3. The molecule has 0 bridgehead atoms. The smallest absolute Gasteiger partial charge is 0.352 e. The van der Waals surface area contributed by atoms with Crippen molar-refractivity contribution in [3.05, 3.63) is 89.1 Å². The zero-order valence-corrected chi connectivity index (χ0v) is 23.1. The van der Waals surface area contributed by atoms with E-state index in [0.717, 1.165) is 37.6 Å². The second-order valence-corrected chi connectivity index (χ2v) is 10.4. The fraction of sp³-hybridized carbons (Fsp3) is 0.233. The van der Waals surface area contributed by atoms with Crippen LogP contribution < -0.4 is 15.5 Å². The van der Waals surface area contributed by atoms with Gasteiger partial charge in [0.05, 0.1) is 6.61 Å². The van der Waals surface area contributed by atoms with Crippen LogP contribution >= 0.6 is 11.3 Å². The first kappa shape index (κ1) is 27.3. The fourth-order valence-corrected chi connectivity index (χ4v) is 5.29. The van der Waals surface area contributed by atoms with Crippen molar-refractivity contribution < 1.29 is 18.7 Å². The van der Waals surface area contributed by atoms with Crippen molar-refractivity contribution in [3.8, 4) is 10.6 Å². The Bertz CT molecular complexity index is 1500. The maximum atomic E-state index is 13.6. The summed E-state index contributed by atoms with van der Waals surface area (Å²) in [6, 6.07) is 20.7. The Balaban J connectivity index is 1.36. The number of nitrogens with zero attached hydrogens (tertiary/aromatic N) is 3. The molecule has 0 aliphatic carbocycles. The van der Waals surface area contributed by atoms with E-state index in [1.54, 1.807) is 31.2 Å². The van der Waals surface area contributed by atoms with Crippen LogP contribution in [0.5, 0.6) is 0 Å². The van der Waals surface area contributed by atoms with Crippen LogP contribution in [-0.4, -0.2) is 61.6 Å². The predicted molar refractivity (Wildman–Crippen MR) is 157 cm³/mol. The highest BCUT2D eigenvalue weighted by Crippen LogP contribution is 2.35. The second kappa shape index (κ2) is 12.3. The van der Waals surface area contributed by atoms with Gasteiger partial charge in [-0.25, -0.2) is 14.2 Å². The molecule has 5 rings (SSSR count). The summed E-state index contributed by atoms with van der Waals surface area (Å²) < 4.78 is 18.8. The molecule has 0 unspecified atom stereocenters. The highest BCUT2D eigenvalue weighted by atomic mass is 32.1. The SMILES string of the molecule is CCOC(=O)c1sc(-c2cccc(NC(=O)c3cccc(F)c3)c2)nc1Nc1ccc(N2CCN(C)CC2)cc1. The summed E-state index contributed by atoms with van der Waals surface area (Å²) in [7, 11) is 2.13. The van der Waals surface area contributed by atoms with Crippen molar-refractivity contribution in [1.82, 2.24) is 9.88 Å². The maximum absolute atomic E-state index is 13.6. The third-order valence-electron chi connectivity index (χ3n) is 6.54. The molecule has 40 heavy (non-hydrogen) atoms. The molecule has 8 nitrogen and oxygen atoms in total. The van der Waals surface area contributed by atoms with Crippen molar-refractivity contribution in [2.75, 3.05) is 55.4 Å². The van der Waals surface area contributed by atoms with Crippen molar-refractivity contribution in [2.24, 2.45) is 0 Å². The molecule has 0 atom stereocenters. The van der Waals surface area contributed by atoms with Crippen LogP contribution in [0.2, 0.25) is 0 Å². The lowest BCUT2D eigenvalue weighted by Crippen LogP contribution is -2.44. The van der Waals surface area contributed by atoms with E-state index in [0.29, 0.717) is 27.0 Å². The van der Waals surface area contributed by atoms with Crippen LogP contribution in [0.3, 0.4) is 0 Å². The van der Waals surface area contributed by atoms with Gasteiger partial charge in [0.25, 0.3) is 5.91 Å². The molecule has 1 amide bonds. The van der Waals surface area contributed by atoms with Crippen LogP contribution in [0, 0.1) is 5.82 Å². The number of carbonyl (C=O) groups is 2. The van der Waals surface area contributed by atoms with Gasteiger partial charge in [0, 0.05) is 54.4 Å². The van der Waals surface area contributed by atoms with E-state index >= 15 is 0 Å². The van der Waals surface area contributed by atoms with Gasteiger partial charge in [-0.15, -0.1) is 11.3 Å². The molecule has 1 fully saturated rings. The Labute approximate surface area is 236 Å². The average Bonchev–Trinajstić information content (AvgIpc) is 3.38. The van der Waals surface area contributed by atoms with Gasteiger partial charge in [0.2, 0.25) is 0 Å². The molecule has 1 saturated heterocycles. The number of rotatable bonds is 8. The molecule has 2 heterocycles. The molecule has 0 spiro atoms. The van der Waals surface area contributed by atoms with E-state index < -0.39 is 17.7 Å². The minimum atomic E-state index is -0.482. The first-order valence-electron chi connectivity index (χ1n) is 13.1. The number of carbonyl (C=O) groups excluding carboxylic acids is 2. The Morgan fingerprint density at radius 3 is 2.45 bits per heavy atom. The summed E-state index contributed by atoms with van der Waals surface area (Å²) in [5, 5.41) is 6.66. The molecule has 1 aliphatic heterocycles. The van der Waals surface area contributed by atoms with Gasteiger partial charge in [-0.05, 0) is 68.6 Å². The minimum absolute atomic E-state index is 0.217. The summed E-state index contributed by atoms with van der Waals surface area (Å²) >= 11 is 1.21. The number of halogens is 1. The Kier molecular flexibility index (Phi) is 8.37. The summed E-state index contributed by atoms with van der Waals surface area (Å²) in [5.41, 5.74) is 3.41. The lowest BCUT2D eigenvalue weighted by molar-refractivity contribution is 0.0533. The zero-order valence-electron chi connectivity index (χ0n) is 22.3. The summed E-state index contributed by atoms with van der Waals surface area (Å²) in [5.74, 6) is -0.964. The molecule has 3 aromatic carbocycles. The van der Waals surface area contributed by atoms with E-state index in [1.807, 2.05) is 18.2 Å². The summed E-state index contributed by atoms with van der Waals surface area (Å²) in [6.45, 7) is 6.02. The highest BCUT2D eigenvalue weighted by molar-refractivity contribution is 7.17. The van der Waals surface area contributed by atoms with Crippen LogP contribution in [0.4, 0.5) is 27.3 Å². The molecule has 1 aromatic heterocycles. The standard InChI is InChI=1S/C30H30FN5O3S/c1-3-39-30(38)26-27(32-23-10-12-25(13-11-23)36-16-14-35(2)15-17-36)34-29(40-26)21-7-5-9-24(19-21)33-28(37)20-6-4-8-22(31)18-20/h4-13,18-19,32H,3,14-17H2,1-2H3,(H,33,37). The van der Waals surface area contributed by atoms with Crippen LogP contribution in [0.15, 0.2) is 72.8 Å². The number of esters is 1. The van der Waals surface area contributed by atoms with Crippen molar-refractivity contribution in [2.45, 2.75) is 6.92 Å². The number of amides is 1. The molecular formula is C30H30FN5O3S. The lowest BCUT2D eigenvalue weighted by atomic mass is 10.1. The molecule has 4 aromatic rings. The third-order valence-corrected chi connectivity index (χ3v) is 7.63. The summed E-state index contributed by atoms with van der Waals surface area (Å²) in [4.78, 5) is 35.1. The number of ether oxygens (including phenoxy) is 1. The van der Waals surface area contributed by atoms with E-state index in [1.165, 1.54) is 29.5 Å². The average molecular weight is 560 g/mol. The van der Waals surface area contributed by atoms with Crippen molar-refractivity contribution >= 4 is 46.1 Å². The monoisotopic (exact) mass is 559 g/mol. The van der Waals surface area contributed by atoms with E-state index in [9.17, 15) is 14.0 Å². The van der Waals surface area contributed by atoms with Gasteiger partial charge in [0.15, 0.2) is 10.7 Å². The number of likely N-dealkylation sites (N-methyl/N-ethyl adjacent to an activating group) is 1. The van der Waals surface area contributed by atoms with E-state index in [2.05, 4.69) is 39.6 Å². The fourth-order valence-electron chi connectivity index (χ4n) is 4.38. The zero-order chi connectivity index (χ0) is 28.1. The molecule has 1 aliphatic rings. The van der Waals surface area contributed by atoms with Crippen molar-refractivity contribution in [3.63, 3.8) is 0 Å². The maximum Gasteiger partial charge on any atom is 0.352 e. The van der Waals surface area contributed by atoms with Gasteiger partial charge < -0.3 is 25.2 Å². The normalized spacial score (nSPS) is 13.6. The number of hydrogen-bond acceptors (Lipinski definition) is 8. The second-order valence-electron chi connectivity index (χ2n) is 9.42. The van der Waals surface area contributed by atoms with Gasteiger partial charge in [-0.2, -0.15) is 0 Å². The number of anilines is 4. The number of thiazole rings is 1. The van der Waals surface area contributed by atoms with Gasteiger partial charge in [-0.3, -0.25) is 4.79 Å². The highest BCUT2D eigenvalue weighted by Gasteiger charge is 2.21. The first-order valence-corrected chi connectivity index (χ1v) is 13.9. The van der Waals surface area contributed by atoms with Gasteiger partial charge >= 0.3 is 5.97 Å². The molecule has 10 heteroatoms. The first-order chi connectivity index (χ1) is 19.4. The number of nitrogens with one attached hydrogen (secondary N) is 2. The quantitative estimate of drug-likeness (QED) is 0.261. The van der Waals surface area contributed by atoms with Crippen LogP contribution in [0.25, 0.3) is 10.6 Å². The Morgan fingerprint density at radius 2 is 1.73 bits per heavy atom. The largest absolute Gasteiger partial charge is 0.462 e. The van der Waals surface area contributed by atoms with E-state index in [-0.39, 0.29) is 12.2 Å². The van der Waals surface area contributed by atoms with Gasteiger partial charge in [-0.1, -0.05) is 18.2 Å². The number of aromatic nitrogens is 1. The Hall–Kier alpha value is -4.28. The lowest BCUT2D eigenvalue weighted by Gasteiger charge is -2.34. The van der Waals surface area contributed by atoms with Crippen LogP contribution in [0.1, 0.15) is 27.0 Å². The van der Waals surface area contributed by atoms with E-state index in [4.69, 9.17) is 9.72 Å². The molecule has 2 N–H and O–H groups in total. The minimum Gasteiger partial charge on any atom is -0.462 e. The molecule has 206 valence electrons. The Morgan fingerprint density at radius 1 is 0.975 bits per heavy atom.